The molecular weight excluding hydrogens is 382 g/mol. The molecule has 1 atom stereocenters. The first-order chi connectivity index (χ1) is 13.3. The molecule has 7 nitrogen and oxygen atoms in total. The van der Waals surface area contributed by atoms with E-state index in [1.165, 1.54) is 18.3 Å². The van der Waals surface area contributed by atoms with Gasteiger partial charge in [0.1, 0.15) is 11.5 Å². The van der Waals surface area contributed by atoms with Gasteiger partial charge in [0.05, 0.1) is 21.3 Å². The van der Waals surface area contributed by atoms with Crippen LogP contribution in [0.3, 0.4) is 0 Å². The second-order valence-corrected chi connectivity index (χ2v) is 8.43. The van der Waals surface area contributed by atoms with Gasteiger partial charge in [-0.1, -0.05) is 24.3 Å². The quantitative estimate of drug-likeness (QED) is 0.594. The van der Waals surface area contributed by atoms with Crippen molar-refractivity contribution in [1.29, 1.82) is 0 Å². The number of hydrogen-bond donors (Lipinski definition) is 0. The molecule has 0 radical (unpaired) electrons. The molecule has 0 unspecified atom stereocenters. The van der Waals surface area contributed by atoms with E-state index in [0.29, 0.717) is 11.5 Å². The predicted octanol–water partition coefficient (Wildman–Crippen LogP) is 2.60. The summed E-state index contributed by atoms with van der Waals surface area (Å²) in [4.78, 5) is 11.9. The molecule has 0 spiro atoms. The first-order valence-electron chi connectivity index (χ1n) is 8.64. The smallest absolute Gasteiger partial charge is 0.325 e. The van der Waals surface area contributed by atoms with Gasteiger partial charge in [-0.15, -0.1) is 0 Å². The molecule has 152 valence electrons. The van der Waals surface area contributed by atoms with Crippen LogP contribution < -0.4 is 9.47 Å². The number of methoxy groups -OCH3 is 3. The van der Waals surface area contributed by atoms with Crippen LogP contribution in [-0.2, 0) is 32.6 Å². The summed E-state index contributed by atoms with van der Waals surface area (Å²) in [6.07, 6.45) is 0. The van der Waals surface area contributed by atoms with Crippen LogP contribution in [0.2, 0.25) is 0 Å². The minimum absolute atomic E-state index is 0.111. The molecule has 0 N–H and O–H groups in total. The van der Waals surface area contributed by atoms with Crippen molar-refractivity contribution in [3.05, 3.63) is 59.7 Å². The van der Waals surface area contributed by atoms with Crippen molar-refractivity contribution in [3.63, 3.8) is 0 Å². The molecule has 0 aliphatic carbocycles. The van der Waals surface area contributed by atoms with E-state index in [1.54, 1.807) is 62.8 Å². The van der Waals surface area contributed by atoms with E-state index in [1.807, 2.05) is 0 Å². The highest BCUT2D eigenvalue weighted by molar-refractivity contribution is 7.90. The lowest BCUT2D eigenvalue weighted by Gasteiger charge is -2.25. The van der Waals surface area contributed by atoms with Crippen LogP contribution in [0.25, 0.3) is 0 Å². The summed E-state index contributed by atoms with van der Waals surface area (Å²) in [5, 5.41) is -1.31. The predicted molar refractivity (Wildman–Crippen MR) is 106 cm³/mol. The fourth-order valence-corrected chi connectivity index (χ4v) is 4.06. The maximum atomic E-state index is 13.1. The number of esters is 1. The summed E-state index contributed by atoms with van der Waals surface area (Å²) in [7, 11) is 0.354. The third-order valence-corrected chi connectivity index (χ3v) is 6.44. The SMILES string of the molecule is COC(=O)[C@H](C)S(=O)(=O)N(Cc1ccc(OC)cc1)Cc1ccc(OC)cc1. The third-order valence-electron chi connectivity index (χ3n) is 4.38. The normalized spacial score (nSPS) is 12.5. The number of hydrogen-bond acceptors (Lipinski definition) is 6. The Morgan fingerprint density at radius 2 is 1.25 bits per heavy atom. The van der Waals surface area contributed by atoms with E-state index in [0.717, 1.165) is 11.1 Å². The van der Waals surface area contributed by atoms with Crippen molar-refractivity contribution in [2.24, 2.45) is 0 Å². The van der Waals surface area contributed by atoms with Crippen LogP contribution in [0.1, 0.15) is 18.1 Å². The first kappa shape index (κ1) is 21.7. The van der Waals surface area contributed by atoms with Gasteiger partial charge in [0, 0.05) is 13.1 Å². The Labute approximate surface area is 165 Å². The number of sulfonamides is 1. The van der Waals surface area contributed by atoms with Crippen LogP contribution in [-0.4, -0.2) is 45.3 Å². The van der Waals surface area contributed by atoms with E-state index in [4.69, 9.17) is 9.47 Å². The molecule has 0 aliphatic heterocycles. The lowest BCUT2D eigenvalue weighted by molar-refractivity contribution is -0.139. The van der Waals surface area contributed by atoms with Crippen molar-refractivity contribution < 1.29 is 27.4 Å². The summed E-state index contributed by atoms with van der Waals surface area (Å²) in [5.41, 5.74) is 1.55. The molecule has 28 heavy (non-hydrogen) atoms. The Morgan fingerprint density at radius 3 is 1.57 bits per heavy atom. The molecule has 0 saturated heterocycles. The fourth-order valence-electron chi connectivity index (χ4n) is 2.62. The molecule has 8 heteroatoms. The summed E-state index contributed by atoms with van der Waals surface area (Å²) in [6.45, 7) is 1.55. The molecule has 0 fully saturated rings. The molecule has 0 bridgehead atoms. The highest BCUT2D eigenvalue weighted by Gasteiger charge is 2.34. The molecule has 2 rings (SSSR count). The Balaban J connectivity index is 2.33. The standard InChI is InChI=1S/C20H25NO6S/c1-15(20(22)27-4)28(23,24)21(13-16-5-9-18(25-2)10-6-16)14-17-7-11-19(26-3)12-8-17/h5-12,15H,13-14H2,1-4H3/t15-/m0/s1. The Hall–Kier alpha value is -2.58. The van der Waals surface area contributed by atoms with Crippen molar-refractivity contribution >= 4 is 16.0 Å². The van der Waals surface area contributed by atoms with Gasteiger partial charge in [-0.3, -0.25) is 4.79 Å². The van der Waals surface area contributed by atoms with Crippen LogP contribution >= 0.6 is 0 Å². The van der Waals surface area contributed by atoms with Crippen molar-refractivity contribution in [3.8, 4) is 11.5 Å². The fraction of sp³-hybridized carbons (Fsp3) is 0.350. The Kier molecular flexibility index (Phi) is 7.42. The van der Waals surface area contributed by atoms with Crippen molar-refractivity contribution in [2.45, 2.75) is 25.3 Å². The lowest BCUT2D eigenvalue weighted by Crippen LogP contribution is -2.41. The van der Waals surface area contributed by atoms with Crippen molar-refractivity contribution in [1.82, 2.24) is 4.31 Å². The molecule has 0 amide bonds. The van der Waals surface area contributed by atoms with Crippen LogP contribution in [0.4, 0.5) is 0 Å². The molecule has 0 aliphatic rings. The van der Waals surface area contributed by atoms with E-state index in [-0.39, 0.29) is 13.1 Å². The summed E-state index contributed by atoms with van der Waals surface area (Å²) in [5.74, 6) is 0.557. The summed E-state index contributed by atoms with van der Waals surface area (Å²) < 4.78 is 42.3. The number of ether oxygens (including phenoxy) is 3. The van der Waals surface area contributed by atoms with Gasteiger partial charge in [0.15, 0.2) is 5.25 Å². The average Bonchev–Trinajstić information content (AvgIpc) is 2.73. The highest BCUT2D eigenvalue weighted by Crippen LogP contribution is 2.21. The van der Waals surface area contributed by atoms with Crippen LogP contribution in [0, 0.1) is 0 Å². The highest BCUT2D eigenvalue weighted by atomic mass is 32.2. The summed E-state index contributed by atoms with van der Waals surface area (Å²) in [6, 6.07) is 14.2. The van der Waals surface area contributed by atoms with Crippen LogP contribution in [0.15, 0.2) is 48.5 Å². The largest absolute Gasteiger partial charge is 0.497 e. The molecule has 0 saturated carbocycles. The molecule has 0 heterocycles. The van der Waals surface area contributed by atoms with Gasteiger partial charge in [-0.2, -0.15) is 4.31 Å². The van der Waals surface area contributed by atoms with Gasteiger partial charge in [0.2, 0.25) is 10.0 Å². The second kappa shape index (κ2) is 9.57. The van der Waals surface area contributed by atoms with Gasteiger partial charge >= 0.3 is 5.97 Å². The maximum Gasteiger partial charge on any atom is 0.325 e. The minimum atomic E-state index is -3.94. The number of carbonyl (C=O) groups excluding carboxylic acids is 1. The van der Waals surface area contributed by atoms with Gasteiger partial charge in [0.25, 0.3) is 0 Å². The van der Waals surface area contributed by atoms with Crippen molar-refractivity contribution in [2.75, 3.05) is 21.3 Å². The lowest BCUT2D eigenvalue weighted by atomic mass is 10.2. The summed E-state index contributed by atoms with van der Waals surface area (Å²) >= 11 is 0. The minimum Gasteiger partial charge on any atom is -0.497 e. The number of benzene rings is 2. The van der Waals surface area contributed by atoms with E-state index >= 15 is 0 Å². The molecule has 0 aromatic heterocycles. The Morgan fingerprint density at radius 1 is 0.857 bits per heavy atom. The van der Waals surface area contributed by atoms with Gasteiger partial charge in [-0.25, -0.2) is 8.42 Å². The van der Waals surface area contributed by atoms with E-state index in [2.05, 4.69) is 4.74 Å². The zero-order chi connectivity index (χ0) is 20.7. The zero-order valence-electron chi connectivity index (χ0n) is 16.4. The average molecular weight is 407 g/mol. The maximum absolute atomic E-state index is 13.1. The topological polar surface area (TPSA) is 82.1 Å². The third kappa shape index (κ3) is 5.24. The second-order valence-electron chi connectivity index (χ2n) is 6.17. The van der Waals surface area contributed by atoms with E-state index in [9.17, 15) is 13.2 Å². The Bertz CT molecular complexity index is 828. The van der Waals surface area contributed by atoms with Crippen LogP contribution in [0.5, 0.6) is 11.5 Å². The molecule has 2 aromatic rings. The molecular formula is C20H25NO6S. The number of rotatable bonds is 9. The monoisotopic (exact) mass is 407 g/mol. The van der Waals surface area contributed by atoms with Gasteiger partial charge in [-0.05, 0) is 42.3 Å². The van der Waals surface area contributed by atoms with Gasteiger partial charge < -0.3 is 14.2 Å². The number of carbonyl (C=O) groups is 1. The number of nitrogens with zero attached hydrogens (tertiary/aromatic N) is 1. The van der Waals surface area contributed by atoms with E-state index < -0.39 is 21.2 Å². The molecule has 2 aromatic carbocycles. The first-order valence-corrected chi connectivity index (χ1v) is 10.1. The zero-order valence-corrected chi connectivity index (χ0v) is 17.2.